The van der Waals surface area contributed by atoms with Gasteiger partial charge in [-0.15, -0.1) is 11.3 Å². The molecule has 0 saturated carbocycles. The smallest absolute Gasteiger partial charge is 0.164 e. The van der Waals surface area contributed by atoms with Crippen LogP contribution in [0.5, 0.6) is 0 Å². The fourth-order valence-electron chi connectivity index (χ4n) is 9.75. The van der Waals surface area contributed by atoms with Gasteiger partial charge in [0.2, 0.25) is 0 Å². The molecule has 60 heavy (non-hydrogen) atoms. The van der Waals surface area contributed by atoms with Crippen molar-refractivity contribution >= 4 is 75.4 Å². The molecule has 0 bridgehead atoms. The molecule has 1 aliphatic carbocycles. The molecule has 4 aromatic heterocycles. The summed E-state index contributed by atoms with van der Waals surface area (Å²) in [5.74, 6) is 1.77. The summed E-state index contributed by atoms with van der Waals surface area (Å²) in [6, 6.07) is 57.7. The Balaban J connectivity index is 1.05. The SMILES string of the molecule is CC1(C)c2ccccc2-c2cc(-c3ccc4oc5cccc(-c6nc(-c7cccc8oc9ccccc9c78)nc(-c7cccc8sc9ccccc9c78)n6)c5c4c3)ccc21. The number of hydrogen-bond donors (Lipinski definition) is 0. The van der Waals surface area contributed by atoms with E-state index in [4.69, 9.17) is 23.8 Å². The van der Waals surface area contributed by atoms with Gasteiger partial charge in [-0.1, -0.05) is 129 Å². The maximum Gasteiger partial charge on any atom is 0.164 e. The van der Waals surface area contributed by atoms with Crippen molar-refractivity contribution < 1.29 is 8.83 Å². The van der Waals surface area contributed by atoms with Crippen LogP contribution in [-0.2, 0) is 5.41 Å². The van der Waals surface area contributed by atoms with Gasteiger partial charge in [0.05, 0.1) is 0 Å². The lowest BCUT2D eigenvalue weighted by Crippen LogP contribution is -2.14. The number of thiophene rings is 1. The Kier molecular flexibility index (Phi) is 6.88. The first kappa shape index (κ1) is 33.6. The summed E-state index contributed by atoms with van der Waals surface area (Å²) in [7, 11) is 0. The summed E-state index contributed by atoms with van der Waals surface area (Å²) in [6.45, 7) is 4.64. The minimum Gasteiger partial charge on any atom is -0.456 e. The van der Waals surface area contributed by atoms with Crippen LogP contribution in [0.15, 0.2) is 173 Å². The monoisotopic (exact) mass is 787 g/mol. The molecule has 5 nitrogen and oxygen atoms in total. The number of benzene rings is 8. The maximum absolute atomic E-state index is 6.59. The number of aromatic nitrogens is 3. The van der Waals surface area contributed by atoms with Crippen LogP contribution in [0.4, 0.5) is 0 Å². The Morgan fingerprint density at radius 2 is 0.900 bits per heavy atom. The summed E-state index contributed by atoms with van der Waals surface area (Å²) in [5.41, 5.74) is 13.5. The van der Waals surface area contributed by atoms with Gasteiger partial charge < -0.3 is 8.83 Å². The van der Waals surface area contributed by atoms with Crippen LogP contribution in [0, 0.1) is 0 Å². The zero-order valence-corrected chi connectivity index (χ0v) is 33.5. The molecular weight excluding hydrogens is 755 g/mol. The average molecular weight is 788 g/mol. The Bertz CT molecular complexity index is 3640. The first-order valence-corrected chi connectivity index (χ1v) is 21.1. The molecule has 282 valence electrons. The van der Waals surface area contributed by atoms with Crippen molar-refractivity contribution in [1.82, 2.24) is 15.0 Å². The molecule has 0 amide bonds. The number of hydrogen-bond acceptors (Lipinski definition) is 6. The standard InChI is InChI=1S/C54H33N3O2S/c1-54(2)40-18-6-3-12-32(40)38-28-30(24-26-41(38)54)31-25-27-43-39(29-31)49-36(16-10-21-45(49)59-43)52-55-51(35-15-9-20-44-48(35)33-13-4-7-19-42(33)58-44)56-53(57-52)37-17-11-23-47-50(37)34-14-5-8-22-46(34)60-47/h3-29H,1-2H3. The molecule has 0 aliphatic heterocycles. The first-order chi connectivity index (χ1) is 29.5. The largest absolute Gasteiger partial charge is 0.456 e. The second kappa shape index (κ2) is 12.3. The van der Waals surface area contributed by atoms with E-state index in [0.717, 1.165) is 77.1 Å². The summed E-state index contributed by atoms with van der Waals surface area (Å²) >= 11 is 1.79. The highest BCUT2D eigenvalue weighted by atomic mass is 32.1. The van der Waals surface area contributed by atoms with Gasteiger partial charge in [0.1, 0.15) is 22.3 Å². The van der Waals surface area contributed by atoms with E-state index in [-0.39, 0.29) is 5.41 Å². The van der Waals surface area contributed by atoms with Gasteiger partial charge in [0.15, 0.2) is 17.5 Å². The third-order valence-electron chi connectivity index (χ3n) is 12.6. The van der Waals surface area contributed by atoms with E-state index in [1.165, 1.54) is 37.0 Å². The highest BCUT2D eigenvalue weighted by Crippen LogP contribution is 2.50. The molecule has 0 N–H and O–H groups in total. The van der Waals surface area contributed by atoms with Crippen molar-refractivity contribution in [3.63, 3.8) is 0 Å². The first-order valence-electron chi connectivity index (χ1n) is 20.3. The number of fused-ring (bicyclic) bond motifs is 12. The summed E-state index contributed by atoms with van der Waals surface area (Å²) < 4.78 is 15.4. The van der Waals surface area contributed by atoms with Crippen LogP contribution >= 0.6 is 11.3 Å². The molecule has 0 unspecified atom stereocenters. The molecule has 12 aromatic rings. The molecule has 0 radical (unpaired) electrons. The van der Waals surface area contributed by atoms with Gasteiger partial charge in [-0.2, -0.15) is 0 Å². The topological polar surface area (TPSA) is 65.0 Å². The molecule has 4 heterocycles. The second-order valence-electron chi connectivity index (χ2n) is 16.3. The average Bonchev–Trinajstić information content (AvgIpc) is 4.04. The normalized spacial score (nSPS) is 13.3. The molecule has 13 rings (SSSR count). The van der Waals surface area contributed by atoms with Crippen LogP contribution in [0.25, 0.3) is 120 Å². The van der Waals surface area contributed by atoms with Gasteiger partial charge in [0, 0.05) is 63.8 Å². The van der Waals surface area contributed by atoms with Crippen LogP contribution in [-0.4, -0.2) is 15.0 Å². The maximum atomic E-state index is 6.59. The molecule has 8 aromatic carbocycles. The Hall–Kier alpha value is -7.41. The van der Waals surface area contributed by atoms with Crippen LogP contribution < -0.4 is 0 Å². The number of rotatable bonds is 4. The van der Waals surface area contributed by atoms with Crippen molar-refractivity contribution in [3.8, 4) is 56.4 Å². The molecule has 0 atom stereocenters. The van der Waals surface area contributed by atoms with Crippen LogP contribution in [0.3, 0.4) is 0 Å². The number of nitrogens with zero attached hydrogens (tertiary/aromatic N) is 3. The van der Waals surface area contributed by atoms with E-state index >= 15 is 0 Å². The quantitative estimate of drug-likeness (QED) is 0.178. The van der Waals surface area contributed by atoms with Gasteiger partial charge in [-0.3, -0.25) is 0 Å². The molecule has 0 spiro atoms. The summed E-state index contributed by atoms with van der Waals surface area (Å²) in [5, 5.41) is 6.31. The summed E-state index contributed by atoms with van der Waals surface area (Å²) in [4.78, 5) is 16.1. The third-order valence-corrected chi connectivity index (χ3v) is 13.7. The van der Waals surface area contributed by atoms with Crippen LogP contribution in [0.2, 0.25) is 0 Å². The Labute approximate surface area is 348 Å². The third kappa shape index (κ3) is 4.76. The van der Waals surface area contributed by atoms with E-state index in [0.29, 0.717) is 17.5 Å². The Morgan fingerprint density at radius 1 is 0.383 bits per heavy atom. The van der Waals surface area contributed by atoms with Crippen molar-refractivity contribution in [2.45, 2.75) is 19.3 Å². The minimum atomic E-state index is -0.0510. The molecule has 0 saturated heterocycles. The fraction of sp³-hybridized carbons (Fsp3) is 0.0556. The molecule has 0 fully saturated rings. The van der Waals surface area contributed by atoms with E-state index in [1.54, 1.807) is 11.3 Å². The zero-order chi connectivity index (χ0) is 39.7. The van der Waals surface area contributed by atoms with Gasteiger partial charge >= 0.3 is 0 Å². The van der Waals surface area contributed by atoms with E-state index in [9.17, 15) is 0 Å². The van der Waals surface area contributed by atoms with E-state index in [2.05, 4.69) is 135 Å². The van der Waals surface area contributed by atoms with E-state index in [1.807, 2.05) is 42.5 Å². The molecule has 1 aliphatic rings. The van der Waals surface area contributed by atoms with Crippen molar-refractivity contribution in [2.75, 3.05) is 0 Å². The zero-order valence-electron chi connectivity index (χ0n) is 32.7. The highest BCUT2D eigenvalue weighted by molar-refractivity contribution is 7.25. The van der Waals surface area contributed by atoms with Crippen LogP contribution in [0.1, 0.15) is 25.0 Å². The second-order valence-corrected chi connectivity index (χ2v) is 17.4. The minimum absolute atomic E-state index is 0.0510. The number of para-hydroxylation sites is 1. The predicted octanol–water partition coefficient (Wildman–Crippen LogP) is 15.0. The van der Waals surface area contributed by atoms with Gasteiger partial charge in [-0.05, 0) is 81.9 Å². The molecular formula is C54H33N3O2S. The molecule has 6 heteroatoms. The van der Waals surface area contributed by atoms with E-state index < -0.39 is 0 Å². The fourth-order valence-corrected chi connectivity index (χ4v) is 10.9. The number of furan rings is 2. The van der Waals surface area contributed by atoms with Crippen molar-refractivity contribution in [3.05, 3.63) is 175 Å². The Morgan fingerprint density at radius 3 is 1.67 bits per heavy atom. The summed E-state index contributed by atoms with van der Waals surface area (Å²) in [6.07, 6.45) is 0. The van der Waals surface area contributed by atoms with Crippen molar-refractivity contribution in [1.29, 1.82) is 0 Å². The highest BCUT2D eigenvalue weighted by Gasteiger charge is 2.35. The van der Waals surface area contributed by atoms with Gasteiger partial charge in [0.25, 0.3) is 0 Å². The lowest BCUT2D eigenvalue weighted by molar-refractivity contribution is 0.660. The lowest BCUT2D eigenvalue weighted by atomic mass is 9.82. The predicted molar refractivity (Wildman–Crippen MR) is 247 cm³/mol. The van der Waals surface area contributed by atoms with Crippen molar-refractivity contribution in [2.24, 2.45) is 0 Å². The van der Waals surface area contributed by atoms with Gasteiger partial charge in [-0.25, -0.2) is 15.0 Å². The lowest BCUT2D eigenvalue weighted by Gasteiger charge is -2.21.